The lowest BCUT2D eigenvalue weighted by atomic mass is 9.93. The smallest absolute Gasteiger partial charge is 0.00739 e. The van der Waals surface area contributed by atoms with Crippen molar-refractivity contribution in [3.05, 3.63) is 0 Å². The molecule has 1 rings (SSSR count). The van der Waals surface area contributed by atoms with Gasteiger partial charge in [-0.25, -0.2) is 0 Å². The first kappa shape index (κ1) is 10.0. The summed E-state index contributed by atoms with van der Waals surface area (Å²) in [5.74, 6) is 0.619. The van der Waals surface area contributed by atoms with E-state index in [0.717, 1.165) is 19.0 Å². The largest absolute Gasteiger partial charge is 0.327 e. The Morgan fingerprint density at radius 2 is 2.08 bits per heavy atom. The Morgan fingerprint density at radius 3 is 2.50 bits per heavy atom. The standard InChI is InChI=1S/C10H22N2/c1-8(2)10(11)6-7-12-9-4-3-5-9/h8-10,12H,3-7,11H2,1-2H3. The van der Waals surface area contributed by atoms with Crippen molar-refractivity contribution < 1.29 is 0 Å². The number of nitrogens with two attached hydrogens (primary N) is 1. The first-order chi connectivity index (χ1) is 5.70. The van der Waals surface area contributed by atoms with Gasteiger partial charge in [0.2, 0.25) is 0 Å². The third-order valence-electron chi connectivity index (χ3n) is 2.87. The molecule has 0 aromatic carbocycles. The topological polar surface area (TPSA) is 38.0 Å². The second-order valence-corrected chi connectivity index (χ2v) is 4.28. The van der Waals surface area contributed by atoms with E-state index in [2.05, 4.69) is 19.2 Å². The van der Waals surface area contributed by atoms with E-state index in [1.807, 2.05) is 0 Å². The van der Waals surface area contributed by atoms with E-state index in [1.165, 1.54) is 19.3 Å². The molecule has 0 amide bonds. The van der Waals surface area contributed by atoms with Crippen molar-refractivity contribution in [2.24, 2.45) is 11.7 Å². The Labute approximate surface area is 75.9 Å². The third-order valence-corrected chi connectivity index (χ3v) is 2.87. The van der Waals surface area contributed by atoms with Gasteiger partial charge in [-0.05, 0) is 31.7 Å². The molecule has 1 fully saturated rings. The highest BCUT2D eigenvalue weighted by atomic mass is 14.9. The van der Waals surface area contributed by atoms with Gasteiger partial charge in [0.25, 0.3) is 0 Å². The van der Waals surface area contributed by atoms with Gasteiger partial charge in [0.1, 0.15) is 0 Å². The van der Waals surface area contributed by atoms with Gasteiger partial charge < -0.3 is 11.1 Å². The average molecular weight is 170 g/mol. The monoisotopic (exact) mass is 170 g/mol. The predicted octanol–water partition coefficient (Wildman–Crippen LogP) is 1.50. The van der Waals surface area contributed by atoms with Crippen LogP contribution in [0.2, 0.25) is 0 Å². The van der Waals surface area contributed by atoms with Gasteiger partial charge in [0.15, 0.2) is 0 Å². The summed E-state index contributed by atoms with van der Waals surface area (Å²) in [6.07, 6.45) is 5.27. The zero-order chi connectivity index (χ0) is 8.97. The molecule has 0 aromatic rings. The Morgan fingerprint density at radius 1 is 1.42 bits per heavy atom. The van der Waals surface area contributed by atoms with Gasteiger partial charge in [-0.3, -0.25) is 0 Å². The fraction of sp³-hybridized carbons (Fsp3) is 1.00. The summed E-state index contributed by atoms with van der Waals surface area (Å²) in [6, 6.07) is 1.18. The van der Waals surface area contributed by atoms with Crippen LogP contribution in [-0.4, -0.2) is 18.6 Å². The number of rotatable bonds is 5. The molecule has 1 atom stereocenters. The molecule has 0 spiro atoms. The van der Waals surface area contributed by atoms with Crippen LogP contribution in [0, 0.1) is 5.92 Å². The lowest BCUT2D eigenvalue weighted by Crippen LogP contribution is -2.38. The van der Waals surface area contributed by atoms with Crippen molar-refractivity contribution in [1.82, 2.24) is 5.32 Å². The Balaban J connectivity index is 1.93. The maximum absolute atomic E-state index is 5.92. The first-order valence-corrected chi connectivity index (χ1v) is 5.19. The molecule has 0 bridgehead atoms. The predicted molar refractivity (Wildman–Crippen MR) is 53.1 cm³/mol. The molecule has 0 saturated heterocycles. The molecule has 1 aliphatic carbocycles. The van der Waals surface area contributed by atoms with E-state index in [4.69, 9.17) is 5.73 Å². The molecule has 1 aliphatic rings. The Bertz CT molecular complexity index is 119. The van der Waals surface area contributed by atoms with E-state index in [-0.39, 0.29) is 0 Å². The van der Waals surface area contributed by atoms with Gasteiger partial charge >= 0.3 is 0 Å². The number of hydrogen-bond acceptors (Lipinski definition) is 2. The second-order valence-electron chi connectivity index (χ2n) is 4.28. The van der Waals surface area contributed by atoms with Crippen molar-refractivity contribution in [3.8, 4) is 0 Å². The molecular formula is C10H22N2. The number of hydrogen-bond donors (Lipinski definition) is 2. The minimum absolute atomic E-state index is 0.373. The van der Waals surface area contributed by atoms with Crippen LogP contribution in [0.1, 0.15) is 39.5 Å². The fourth-order valence-electron chi connectivity index (χ4n) is 1.40. The van der Waals surface area contributed by atoms with E-state index in [1.54, 1.807) is 0 Å². The maximum Gasteiger partial charge on any atom is 0.00739 e. The van der Waals surface area contributed by atoms with Crippen molar-refractivity contribution in [1.29, 1.82) is 0 Å². The molecule has 72 valence electrons. The molecule has 0 aromatic heterocycles. The summed E-state index contributed by atoms with van der Waals surface area (Å²) in [4.78, 5) is 0. The van der Waals surface area contributed by atoms with Crippen LogP contribution in [0.5, 0.6) is 0 Å². The molecule has 1 unspecified atom stereocenters. The van der Waals surface area contributed by atoms with Crippen LogP contribution in [-0.2, 0) is 0 Å². The van der Waals surface area contributed by atoms with E-state index < -0.39 is 0 Å². The highest BCUT2D eigenvalue weighted by molar-refractivity contribution is 4.77. The molecule has 0 radical (unpaired) electrons. The van der Waals surface area contributed by atoms with Gasteiger partial charge in [-0.1, -0.05) is 20.3 Å². The van der Waals surface area contributed by atoms with Gasteiger partial charge in [-0.2, -0.15) is 0 Å². The Kier molecular flexibility index (Phi) is 4.02. The minimum Gasteiger partial charge on any atom is -0.327 e. The maximum atomic E-state index is 5.92. The molecule has 2 heteroatoms. The van der Waals surface area contributed by atoms with Crippen LogP contribution in [0.15, 0.2) is 0 Å². The molecule has 0 aliphatic heterocycles. The normalized spacial score (nSPS) is 21.0. The molecule has 12 heavy (non-hydrogen) atoms. The van der Waals surface area contributed by atoms with Crippen molar-refractivity contribution >= 4 is 0 Å². The molecule has 0 heterocycles. The summed E-state index contributed by atoms with van der Waals surface area (Å²) < 4.78 is 0. The first-order valence-electron chi connectivity index (χ1n) is 5.19. The minimum atomic E-state index is 0.373. The number of nitrogens with one attached hydrogen (secondary N) is 1. The van der Waals surface area contributed by atoms with Gasteiger partial charge in [0.05, 0.1) is 0 Å². The lowest BCUT2D eigenvalue weighted by Gasteiger charge is -2.27. The van der Waals surface area contributed by atoms with Crippen LogP contribution in [0.25, 0.3) is 0 Å². The SMILES string of the molecule is CC(C)C(N)CCNC1CCC1. The summed E-state index contributed by atoms with van der Waals surface area (Å²) >= 11 is 0. The molecule has 3 N–H and O–H groups in total. The molecule has 2 nitrogen and oxygen atoms in total. The van der Waals surface area contributed by atoms with Crippen LogP contribution < -0.4 is 11.1 Å². The summed E-state index contributed by atoms with van der Waals surface area (Å²) in [7, 11) is 0. The van der Waals surface area contributed by atoms with E-state index in [0.29, 0.717) is 12.0 Å². The zero-order valence-corrected chi connectivity index (χ0v) is 8.34. The second kappa shape index (κ2) is 4.83. The van der Waals surface area contributed by atoms with Crippen molar-refractivity contribution in [3.63, 3.8) is 0 Å². The Hall–Kier alpha value is -0.0800. The average Bonchev–Trinajstić information content (AvgIpc) is 1.93. The van der Waals surface area contributed by atoms with Crippen LogP contribution in [0.4, 0.5) is 0 Å². The molecular weight excluding hydrogens is 148 g/mol. The van der Waals surface area contributed by atoms with Crippen molar-refractivity contribution in [2.75, 3.05) is 6.54 Å². The summed E-state index contributed by atoms with van der Waals surface area (Å²) in [6.45, 7) is 5.48. The third kappa shape index (κ3) is 3.11. The van der Waals surface area contributed by atoms with Gasteiger partial charge in [-0.15, -0.1) is 0 Å². The van der Waals surface area contributed by atoms with Crippen LogP contribution in [0.3, 0.4) is 0 Å². The quantitative estimate of drug-likeness (QED) is 0.656. The molecule has 1 saturated carbocycles. The fourth-order valence-corrected chi connectivity index (χ4v) is 1.40. The van der Waals surface area contributed by atoms with Crippen molar-refractivity contribution in [2.45, 2.75) is 51.6 Å². The van der Waals surface area contributed by atoms with Gasteiger partial charge in [0, 0.05) is 12.1 Å². The summed E-state index contributed by atoms with van der Waals surface area (Å²) in [5, 5.41) is 3.52. The lowest BCUT2D eigenvalue weighted by molar-refractivity contribution is 0.327. The van der Waals surface area contributed by atoms with E-state index >= 15 is 0 Å². The highest BCUT2D eigenvalue weighted by Gasteiger charge is 2.16. The van der Waals surface area contributed by atoms with E-state index in [9.17, 15) is 0 Å². The highest BCUT2D eigenvalue weighted by Crippen LogP contribution is 2.17. The zero-order valence-electron chi connectivity index (χ0n) is 8.34. The summed E-state index contributed by atoms with van der Waals surface area (Å²) in [5.41, 5.74) is 5.92. The van der Waals surface area contributed by atoms with Crippen LogP contribution >= 0.6 is 0 Å².